The molecular weight excluding hydrogens is 324 g/mol. The first-order valence-corrected chi connectivity index (χ1v) is 11.5. The van der Waals surface area contributed by atoms with E-state index in [4.69, 9.17) is 0 Å². The van der Waals surface area contributed by atoms with Gasteiger partial charge in [0, 0.05) is 0 Å². The summed E-state index contributed by atoms with van der Waals surface area (Å²) in [7, 11) is 0. The topological polar surface area (TPSA) is 0 Å². The lowest BCUT2D eigenvalue weighted by Gasteiger charge is -2.16. The molecular formula is C27H44. The summed E-state index contributed by atoms with van der Waals surface area (Å²) < 4.78 is 0. The molecule has 0 nitrogen and oxygen atoms in total. The Bertz CT molecular complexity index is 534. The molecule has 0 amide bonds. The van der Waals surface area contributed by atoms with Crippen LogP contribution in [0.1, 0.15) is 109 Å². The van der Waals surface area contributed by atoms with E-state index in [1.807, 2.05) is 0 Å². The molecule has 0 aromatic heterocycles. The number of hydrogen-bond acceptors (Lipinski definition) is 0. The zero-order valence-electron chi connectivity index (χ0n) is 18.7. The smallest absolute Gasteiger partial charge is 0.0230 e. The lowest BCUT2D eigenvalue weighted by Crippen LogP contribution is -2.00. The number of benzene rings is 1. The summed E-state index contributed by atoms with van der Waals surface area (Å²) in [5.74, 6) is 1.71. The Morgan fingerprint density at radius 1 is 0.667 bits per heavy atom. The molecule has 2 unspecified atom stereocenters. The third-order valence-corrected chi connectivity index (χ3v) is 6.23. The van der Waals surface area contributed by atoms with Crippen molar-refractivity contribution in [3.8, 4) is 0 Å². The maximum absolute atomic E-state index is 4.35. The van der Waals surface area contributed by atoms with Gasteiger partial charge in [0.1, 0.15) is 0 Å². The van der Waals surface area contributed by atoms with Gasteiger partial charge in [0.2, 0.25) is 0 Å². The van der Waals surface area contributed by atoms with E-state index in [9.17, 15) is 0 Å². The van der Waals surface area contributed by atoms with Crippen molar-refractivity contribution in [2.45, 2.75) is 98.3 Å². The maximum atomic E-state index is 4.35. The monoisotopic (exact) mass is 368 g/mol. The molecule has 0 fully saturated rings. The quantitative estimate of drug-likeness (QED) is 0.289. The maximum Gasteiger partial charge on any atom is -0.0230 e. The predicted molar refractivity (Wildman–Crippen MR) is 125 cm³/mol. The van der Waals surface area contributed by atoms with E-state index in [1.165, 1.54) is 80.1 Å². The second kappa shape index (κ2) is 13.8. The second-order valence-electron chi connectivity index (χ2n) is 8.34. The standard InChI is InChI=1S/C27H44/c1-7-11-13-25(10-4)17-15-23(6)27-20-18-26(19-21-27)22(5)14-16-24(9-3)12-8-2/h18-21,24-25H,5-17H2,1-4H3. The summed E-state index contributed by atoms with van der Waals surface area (Å²) in [5.41, 5.74) is 5.17. The summed E-state index contributed by atoms with van der Waals surface area (Å²) in [6, 6.07) is 8.99. The molecule has 2 atom stereocenters. The van der Waals surface area contributed by atoms with Gasteiger partial charge in [-0.25, -0.2) is 0 Å². The van der Waals surface area contributed by atoms with Crippen LogP contribution in [0.25, 0.3) is 11.1 Å². The van der Waals surface area contributed by atoms with Gasteiger partial charge in [-0.15, -0.1) is 0 Å². The van der Waals surface area contributed by atoms with Gasteiger partial charge in [0.25, 0.3) is 0 Å². The number of allylic oxidation sites excluding steroid dienone is 2. The first-order valence-electron chi connectivity index (χ1n) is 11.5. The number of unbranched alkanes of at least 4 members (excludes halogenated alkanes) is 1. The highest BCUT2D eigenvalue weighted by Crippen LogP contribution is 2.28. The Morgan fingerprint density at radius 2 is 1.11 bits per heavy atom. The number of rotatable bonds is 15. The van der Waals surface area contributed by atoms with Gasteiger partial charge < -0.3 is 0 Å². The average molecular weight is 369 g/mol. The van der Waals surface area contributed by atoms with Crippen molar-refractivity contribution < 1.29 is 0 Å². The molecule has 0 aliphatic rings. The molecule has 0 spiro atoms. The van der Waals surface area contributed by atoms with E-state index in [-0.39, 0.29) is 0 Å². The van der Waals surface area contributed by atoms with Crippen molar-refractivity contribution in [2.24, 2.45) is 11.8 Å². The summed E-state index contributed by atoms with van der Waals surface area (Å²) >= 11 is 0. The SMILES string of the molecule is C=C(CCC(CC)CCC)c1ccc(C(=C)CCC(CC)CCCC)cc1. The minimum Gasteiger partial charge on any atom is -0.0952 e. The summed E-state index contributed by atoms with van der Waals surface area (Å²) in [4.78, 5) is 0. The van der Waals surface area contributed by atoms with E-state index in [0.29, 0.717) is 0 Å². The summed E-state index contributed by atoms with van der Waals surface area (Å²) in [5, 5.41) is 0. The fourth-order valence-electron chi connectivity index (χ4n) is 3.99. The van der Waals surface area contributed by atoms with Gasteiger partial charge in [-0.3, -0.25) is 0 Å². The molecule has 1 aromatic rings. The zero-order valence-corrected chi connectivity index (χ0v) is 18.7. The average Bonchev–Trinajstić information content (AvgIpc) is 2.70. The van der Waals surface area contributed by atoms with Crippen LogP contribution in [-0.4, -0.2) is 0 Å². The van der Waals surface area contributed by atoms with Crippen molar-refractivity contribution in [3.05, 3.63) is 48.6 Å². The van der Waals surface area contributed by atoms with E-state index in [0.717, 1.165) is 24.7 Å². The molecule has 0 N–H and O–H groups in total. The minimum atomic E-state index is 0.852. The fourth-order valence-corrected chi connectivity index (χ4v) is 3.99. The molecule has 0 saturated heterocycles. The van der Waals surface area contributed by atoms with Crippen LogP contribution in [0.2, 0.25) is 0 Å². The van der Waals surface area contributed by atoms with E-state index < -0.39 is 0 Å². The minimum absolute atomic E-state index is 0.852. The van der Waals surface area contributed by atoms with Crippen LogP contribution in [0.5, 0.6) is 0 Å². The van der Waals surface area contributed by atoms with E-state index in [2.05, 4.69) is 65.1 Å². The summed E-state index contributed by atoms with van der Waals surface area (Å²) in [6.45, 7) is 17.9. The van der Waals surface area contributed by atoms with Crippen LogP contribution < -0.4 is 0 Å². The highest BCUT2D eigenvalue weighted by atomic mass is 14.1. The lowest BCUT2D eigenvalue weighted by molar-refractivity contribution is 0.427. The lowest BCUT2D eigenvalue weighted by atomic mass is 9.89. The van der Waals surface area contributed by atoms with E-state index in [1.54, 1.807) is 0 Å². The third kappa shape index (κ3) is 8.96. The molecule has 0 radical (unpaired) electrons. The van der Waals surface area contributed by atoms with Gasteiger partial charge in [-0.2, -0.15) is 0 Å². The second-order valence-corrected chi connectivity index (χ2v) is 8.34. The molecule has 0 bridgehead atoms. The molecule has 0 aliphatic carbocycles. The Kier molecular flexibility index (Phi) is 12.1. The molecule has 152 valence electrons. The van der Waals surface area contributed by atoms with Crippen molar-refractivity contribution >= 4 is 11.1 Å². The van der Waals surface area contributed by atoms with Crippen LogP contribution in [0.3, 0.4) is 0 Å². The molecule has 0 aliphatic heterocycles. The van der Waals surface area contributed by atoms with Crippen LogP contribution in [-0.2, 0) is 0 Å². The van der Waals surface area contributed by atoms with Crippen LogP contribution in [0.15, 0.2) is 37.4 Å². The molecule has 0 saturated carbocycles. The highest BCUT2D eigenvalue weighted by Gasteiger charge is 2.09. The molecule has 0 heterocycles. The zero-order chi connectivity index (χ0) is 20.1. The Balaban J connectivity index is 2.52. The Hall–Kier alpha value is -1.30. The predicted octanol–water partition coefficient (Wildman–Crippen LogP) is 9.32. The van der Waals surface area contributed by atoms with Crippen molar-refractivity contribution in [1.29, 1.82) is 0 Å². The Morgan fingerprint density at radius 3 is 1.48 bits per heavy atom. The molecule has 27 heavy (non-hydrogen) atoms. The van der Waals surface area contributed by atoms with E-state index >= 15 is 0 Å². The van der Waals surface area contributed by atoms with Gasteiger partial charge >= 0.3 is 0 Å². The van der Waals surface area contributed by atoms with Crippen molar-refractivity contribution in [2.75, 3.05) is 0 Å². The van der Waals surface area contributed by atoms with Gasteiger partial charge in [0.05, 0.1) is 0 Å². The van der Waals surface area contributed by atoms with Crippen LogP contribution >= 0.6 is 0 Å². The van der Waals surface area contributed by atoms with Crippen LogP contribution in [0, 0.1) is 11.8 Å². The summed E-state index contributed by atoms with van der Waals surface area (Å²) in [6.07, 6.45) is 14.0. The first-order chi connectivity index (χ1) is 13.0. The highest BCUT2D eigenvalue weighted by molar-refractivity contribution is 5.68. The third-order valence-electron chi connectivity index (χ3n) is 6.23. The van der Waals surface area contributed by atoms with Crippen molar-refractivity contribution in [3.63, 3.8) is 0 Å². The van der Waals surface area contributed by atoms with Crippen molar-refractivity contribution in [1.82, 2.24) is 0 Å². The molecule has 1 aromatic carbocycles. The van der Waals surface area contributed by atoms with Crippen LogP contribution in [0.4, 0.5) is 0 Å². The number of hydrogen-bond donors (Lipinski definition) is 0. The fraction of sp³-hybridized carbons (Fsp3) is 0.630. The van der Waals surface area contributed by atoms with Gasteiger partial charge in [0.15, 0.2) is 0 Å². The Labute approximate surface area is 170 Å². The normalized spacial score (nSPS) is 13.3. The first kappa shape index (κ1) is 23.7. The largest absolute Gasteiger partial charge is 0.0952 e. The molecule has 1 rings (SSSR count). The van der Waals surface area contributed by atoms with Gasteiger partial charge in [-0.05, 0) is 59.8 Å². The molecule has 0 heteroatoms. The van der Waals surface area contributed by atoms with Gasteiger partial charge in [-0.1, -0.05) is 110 Å².